The summed E-state index contributed by atoms with van der Waals surface area (Å²) in [4.78, 5) is 32.0. The Hall–Kier alpha value is -3.13. The van der Waals surface area contributed by atoms with E-state index in [1.165, 1.54) is 30.0 Å². The zero-order valence-electron chi connectivity index (χ0n) is 18.4. The predicted molar refractivity (Wildman–Crippen MR) is 142 cm³/mol. The van der Waals surface area contributed by atoms with E-state index in [1.807, 2.05) is 84.2 Å². The average Bonchev–Trinajstić information content (AvgIpc) is 3.32. The maximum Gasteiger partial charge on any atom is 0.239 e. The first-order chi connectivity index (χ1) is 16.5. The minimum absolute atomic E-state index is 0.0307. The third kappa shape index (κ3) is 6.47. The standard InChI is InChI=1S/C26H22ClN3O2S2/c1-18(31)28-22-11-13-23(14-12-22)33-17-25(32)30(15-19-5-3-2-4-6-19)26-29-24(16-34-26)20-7-9-21(27)10-8-20/h2-14,16H,15,17H2,1H3,(H,28,31). The number of thioether (sulfide) groups is 1. The van der Waals surface area contributed by atoms with Crippen molar-refractivity contribution in [3.63, 3.8) is 0 Å². The molecule has 1 N–H and O–H groups in total. The molecule has 3 aromatic carbocycles. The second-order valence-corrected chi connectivity index (χ2v) is 9.80. The Morgan fingerprint density at radius 3 is 2.38 bits per heavy atom. The number of halogens is 1. The van der Waals surface area contributed by atoms with Crippen LogP contribution in [0.1, 0.15) is 12.5 Å². The van der Waals surface area contributed by atoms with Crippen molar-refractivity contribution in [1.29, 1.82) is 0 Å². The van der Waals surface area contributed by atoms with E-state index in [9.17, 15) is 9.59 Å². The molecule has 0 unspecified atom stereocenters. The zero-order valence-corrected chi connectivity index (χ0v) is 20.8. The van der Waals surface area contributed by atoms with Crippen molar-refractivity contribution in [2.24, 2.45) is 0 Å². The molecule has 0 bridgehead atoms. The second-order valence-electron chi connectivity index (χ2n) is 7.48. The van der Waals surface area contributed by atoms with Gasteiger partial charge in [-0.2, -0.15) is 0 Å². The summed E-state index contributed by atoms with van der Waals surface area (Å²) in [5.74, 6) is 0.118. The highest BCUT2D eigenvalue weighted by atomic mass is 35.5. The van der Waals surface area contributed by atoms with Gasteiger partial charge in [0.05, 0.1) is 18.0 Å². The number of aromatic nitrogens is 1. The number of carbonyl (C=O) groups is 2. The highest BCUT2D eigenvalue weighted by Gasteiger charge is 2.20. The van der Waals surface area contributed by atoms with E-state index >= 15 is 0 Å². The van der Waals surface area contributed by atoms with Gasteiger partial charge in [-0.25, -0.2) is 4.98 Å². The molecule has 0 atom stereocenters. The van der Waals surface area contributed by atoms with Crippen LogP contribution in [0.2, 0.25) is 5.02 Å². The average molecular weight is 508 g/mol. The summed E-state index contributed by atoms with van der Waals surface area (Å²) in [5.41, 5.74) is 3.52. The van der Waals surface area contributed by atoms with Gasteiger partial charge in [-0.05, 0) is 42.0 Å². The van der Waals surface area contributed by atoms with Crippen LogP contribution in [0.15, 0.2) is 89.1 Å². The van der Waals surface area contributed by atoms with Gasteiger partial charge in [0.1, 0.15) is 0 Å². The van der Waals surface area contributed by atoms with E-state index in [0.29, 0.717) is 16.7 Å². The molecule has 0 saturated carbocycles. The van der Waals surface area contributed by atoms with Crippen LogP contribution in [0.4, 0.5) is 10.8 Å². The first-order valence-corrected chi connectivity index (χ1v) is 12.8. The summed E-state index contributed by atoms with van der Waals surface area (Å²) in [6.07, 6.45) is 0. The summed E-state index contributed by atoms with van der Waals surface area (Å²) in [5, 5.41) is 6.02. The molecule has 1 heterocycles. The van der Waals surface area contributed by atoms with E-state index in [1.54, 1.807) is 4.90 Å². The maximum absolute atomic E-state index is 13.3. The minimum Gasteiger partial charge on any atom is -0.326 e. The van der Waals surface area contributed by atoms with E-state index in [0.717, 1.165) is 27.4 Å². The lowest BCUT2D eigenvalue weighted by molar-refractivity contribution is -0.116. The van der Waals surface area contributed by atoms with Crippen molar-refractivity contribution in [2.45, 2.75) is 18.4 Å². The van der Waals surface area contributed by atoms with Gasteiger partial charge in [-0.3, -0.25) is 14.5 Å². The Morgan fingerprint density at radius 1 is 1.00 bits per heavy atom. The third-order valence-corrected chi connectivity index (χ3v) is 7.00. The molecular formula is C26H22ClN3O2S2. The van der Waals surface area contributed by atoms with Crippen LogP contribution in [0.3, 0.4) is 0 Å². The Balaban J connectivity index is 1.51. The van der Waals surface area contributed by atoms with Gasteiger partial charge in [0.2, 0.25) is 11.8 Å². The highest BCUT2D eigenvalue weighted by molar-refractivity contribution is 8.00. The first kappa shape index (κ1) is 24.0. The smallest absolute Gasteiger partial charge is 0.239 e. The number of nitrogens with zero attached hydrogens (tertiary/aromatic N) is 2. The largest absolute Gasteiger partial charge is 0.326 e. The molecule has 0 aliphatic carbocycles. The van der Waals surface area contributed by atoms with Gasteiger partial charge < -0.3 is 5.32 Å². The Morgan fingerprint density at radius 2 is 1.71 bits per heavy atom. The molecule has 34 heavy (non-hydrogen) atoms. The number of nitrogens with one attached hydrogen (secondary N) is 1. The fourth-order valence-corrected chi connectivity index (χ4v) is 4.98. The summed E-state index contributed by atoms with van der Waals surface area (Å²) < 4.78 is 0. The number of hydrogen-bond acceptors (Lipinski definition) is 5. The summed E-state index contributed by atoms with van der Waals surface area (Å²) in [7, 11) is 0. The number of anilines is 2. The molecule has 4 rings (SSSR count). The lowest BCUT2D eigenvalue weighted by Crippen LogP contribution is -2.31. The molecule has 0 spiro atoms. The van der Waals surface area contributed by atoms with Gasteiger partial charge in [-0.1, -0.05) is 54.1 Å². The maximum atomic E-state index is 13.3. The molecule has 5 nitrogen and oxygen atoms in total. The van der Waals surface area contributed by atoms with E-state index in [4.69, 9.17) is 16.6 Å². The van der Waals surface area contributed by atoms with Crippen LogP contribution in [0.25, 0.3) is 11.3 Å². The van der Waals surface area contributed by atoms with E-state index in [-0.39, 0.29) is 17.6 Å². The fourth-order valence-electron chi connectivity index (χ4n) is 3.23. The van der Waals surface area contributed by atoms with Crippen LogP contribution in [0.5, 0.6) is 0 Å². The summed E-state index contributed by atoms with van der Waals surface area (Å²) in [6, 6.07) is 24.8. The summed E-state index contributed by atoms with van der Waals surface area (Å²) >= 11 is 8.91. The van der Waals surface area contributed by atoms with Crippen molar-refractivity contribution < 1.29 is 9.59 Å². The Bertz CT molecular complexity index is 1260. The number of thiazole rings is 1. The summed E-state index contributed by atoms with van der Waals surface area (Å²) in [6.45, 7) is 1.91. The van der Waals surface area contributed by atoms with Crippen molar-refractivity contribution in [1.82, 2.24) is 4.98 Å². The van der Waals surface area contributed by atoms with Crippen LogP contribution >= 0.6 is 34.7 Å². The normalized spacial score (nSPS) is 10.6. The van der Waals surface area contributed by atoms with Gasteiger partial charge in [0.15, 0.2) is 5.13 Å². The van der Waals surface area contributed by atoms with Gasteiger partial charge >= 0.3 is 0 Å². The SMILES string of the molecule is CC(=O)Nc1ccc(SCC(=O)N(Cc2ccccc2)c2nc(-c3ccc(Cl)cc3)cs2)cc1. The van der Waals surface area contributed by atoms with Crippen LogP contribution in [-0.4, -0.2) is 22.6 Å². The molecule has 0 saturated heterocycles. The molecule has 0 fully saturated rings. The molecule has 0 aliphatic heterocycles. The predicted octanol–water partition coefficient (Wildman–Crippen LogP) is 6.75. The van der Waals surface area contributed by atoms with Crippen molar-refractivity contribution in [2.75, 3.05) is 16.0 Å². The number of amides is 2. The van der Waals surface area contributed by atoms with Gasteiger partial charge in [-0.15, -0.1) is 23.1 Å². The number of hydrogen-bond donors (Lipinski definition) is 1. The Labute approximate surface area is 211 Å². The third-order valence-electron chi connectivity index (χ3n) is 4.88. The zero-order chi connectivity index (χ0) is 23.9. The monoisotopic (exact) mass is 507 g/mol. The molecule has 2 amide bonds. The number of carbonyl (C=O) groups excluding carboxylic acids is 2. The first-order valence-electron chi connectivity index (χ1n) is 10.5. The fraction of sp³-hybridized carbons (Fsp3) is 0.115. The second kappa shape index (κ2) is 11.3. The minimum atomic E-state index is -0.117. The molecular weight excluding hydrogens is 486 g/mol. The molecule has 4 aromatic rings. The Kier molecular flexibility index (Phi) is 8.00. The topological polar surface area (TPSA) is 62.3 Å². The van der Waals surface area contributed by atoms with Crippen LogP contribution < -0.4 is 10.2 Å². The van der Waals surface area contributed by atoms with Crippen molar-refractivity contribution >= 4 is 57.3 Å². The van der Waals surface area contributed by atoms with E-state index < -0.39 is 0 Å². The van der Waals surface area contributed by atoms with Crippen LogP contribution in [-0.2, 0) is 16.1 Å². The number of rotatable bonds is 8. The molecule has 1 aromatic heterocycles. The van der Waals surface area contributed by atoms with E-state index in [2.05, 4.69) is 5.32 Å². The lowest BCUT2D eigenvalue weighted by atomic mass is 10.2. The highest BCUT2D eigenvalue weighted by Crippen LogP contribution is 2.30. The molecule has 8 heteroatoms. The number of benzene rings is 3. The molecule has 0 radical (unpaired) electrons. The van der Waals surface area contributed by atoms with Crippen molar-refractivity contribution in [3.8, 4) is 11.3 Å². The van der Waals surface area contributed by atoms with Crippen LogP contribution in [0, 0.1) is 0 Å². The van der Waals surface area contributed by atoms with Gasteiger partial charge in [0.25, 0.3) is 0 Å². The molecule has 0 aliphatic rings. The quantitative estimate of drug-likeness (QED) is 0.268. The molecule has 172 valence electrons. The van der Waals surface area contributed by atoms with Gasteiger partial charge in [0, 0.05) is 33.5 Å². The lowest BCUT2D eigenvalue weighted by Gasteiger charge is -2.20. The van der Waals surface area contributed by atoms with Crippen molar-refractivity contribution in [3.05, 3.63) is 94.8 Å².